The van der Waals surface area contributed by atoms with Crippen LogP contribution in [0.4, 0.5) is 0 Å². The predicted octanol–water partition coefficient (Wildman–Crippen LogP) is 4.23. The van der Waals surface area contributed by atoms with Crippen LogP contribution in [-0.2, 0) is 7.05 Å². The van der Waals surface area contributed by atoms with Gasteiger partial charge in [0.25, 0.3) is 0 Å². The molecule has 154 valence electrons. The number of nitrogens with one attached hydrogen (secondary N) is 1. The van der Waals surface area contributed by atoms with Crippen molar-refractivity contribution in [1.82, 2.24) is 15.5 Å². The lowest BCUT2D eigenvalue weighted by molar-refractivity contribution is -0.731. The van der Waals surface area contributed by atoms with Gasteiger partial charge in [-0.25, -0.2) is 5.01 Å². The molecule has 30 heavy (non-hydrogen) atoms. The summed E-state index contributed by atoms with van der Waals surface area (Å²) in [5.41, 5.74) is 6.99. The zero-order valence-electron chi connectivity index (χ0n) is 17.9. The molecule has 1 atom stereocenters. The summed E-state index contributed by atoms with van der Waals surface area (Å²) >= 11 is 0. The molecule has 1 N–H and O–H groups in total. The van der Waals surface area contributed by atoms with E-state index in [1.54, 1.807) is 10.9 Å². The molecular weight excluding hydrogens is 368 g/mol. The third-order valence-corrected chi connectivity index (χ3v) is 4.94. The molecule has 1 aliphatic rings. The monoisotopic (exact) mass is 399 g/mol. The molecule has 4 nitrogen and oxygen atoms in total. The van der Waals surface area contributed by atoms with Gasteiger partial charge in [0, 0.05) is 25.7 Å². The van der Waals surface area contributed by atoms with Crippen LogP contribution in [0.15, 0.2) is 85.2 Å². The van der Waals surface area contributed by atoms with Gasteiger partial charge in [0.05, 0.1) is 6.20 Å². The van der Waals surface area contributed by atoms with Crippen molar-refractivity contribution in [2.45, 2.75) is 6.42 Å². The molecule has 0 aliphatic carbocycles. The summed E-state index contributed by atoms with van der Waals surface area (Å²) in [7, 11) is 4.01. The van der Waals surface area contributed by atoms with Gasteiger partial charge in [-0.3, -0.25) is 5.43 Å². The Balaban J connectivity index is 0.000000171. The van der Waals surface area contributed by atoms with Gasteiger partial charge in [0.2, 0.25) is 6.20 Å². The Labute approximate surface area is 180 Å². The summed E-state index contributed by atoms with van der Waals surface area (Å²) in [6.45, 7) is 2.18. The number of hydrogen-bond acceptors (Lipinski definition) is 3. The number of aryl methyl sites for hydroxylation is 1. The van der Waals surface area contributed by atoms with Crippen molar-refractivity contribution in [3.8, 4) is 0 Å². The number of rotatable bonds is 4. The molecular formula is C26H31N4+. The fraction of sp³-hybridized carbons (Fsp3) is 0.231. The number of hydrazine groups is 1. The third-order valence-electron chi connectivity index (χ3n) is 4.94. The summed E-state index contributed by atoms with van der Waals surface area (Å²) in [5.74, 6) is 0.668. The summed E-state index contributed by atoms with van der Waals surface area (Å²) in [5, 5.41) is 6.24. The average Bonchev–Trinajstić information content (AvgIpc) is 2.79. The average molecular weight is 400 g/mol. The van der Waals surface area contributed by atoms with E-state index in [4.69, 9.17) is 0 Å². The smallest absolute Gasteiger partial charge is 0.203 e. The van der Waals surface area contributed by atoms with Crippen LogP contribution in [0.1, 0.15) is 23.1 Å². The number of nitrogens with zero attached hydrogens (tertiary/aromatic N) is 3. The van der Waals surface area contributed by atoms with Crippen molar-refractivity contribution in [2.24, 2.45) is 13.0 Å². The standard InChI is InChI=1S/C13H18N2.C13H13N2/c1-15-10-9-13(11-14-15)8-7-12-5-3-2-4-6-12;1-15-11-13(9-10-14-15)8-7-12-5-3-2-4-6-12/h2-8,13-14H,9-11H2,1H3;2-11H,1H3/q;+1/b2*8-7+. The topological polar surface area (TPSA) is 32.0 Å². The highest BCUT2D eigenvalue weighted by molar-refractivity contribution is 5.68. The summed E-state index contributed by atoms with van der Waals surface area (Å²) < 4.78 is 1.80. The van der Waals surface area contributed by atoms with Gasteiger partial charge in [-0.15, -0.1) is 0 Å². The van der Waals surface area contributed by atoms with Crippen LogP contribution in [0.2, 0.25) is 0 Å². The van der Waals surface area contributed by atoms with E-state index in [2.05, 4.69) is 89.3 Å². The molecule has 4 heteroatoms. The van der Waals surface area contributed by atoms with Gasteiger partial charge in [-0.2, -0.15) is 0 Å². The SMILES string of the molecule is CN1CCC(/C=C/c2ccccc2)CN1.C[n+]1cc(/C=C/c2ccccc2)ccn1. The Morgan fingerprint density at radius 3 is 2.13 bits per heavy atom. The Bertz CT molecular complexity index is 928. The first-order chi connectivity index (χ1) is 14.7. The van der Waals surface area contributed by atoms with Crippen LogP contribution in [0.3, 0.4) is 0 Å². The van der Waals surface area contributed by atoms with Crippen molar-refractivity contribution < 1.29 is 4.68 Å². The molecule has 1 aromatic heterocycles. The number of benzene rings is 2. The fourth-order valence-corrected chi connectivity index (χ4v) is 3.16. The molecule has 4 rings (SSSR count). The van der Waals surface area contributed by atoms with Gasteiger partial charge in [0.15, 0.2) is 7.05 Å². The van der Waals surface area contributed by atoms with Crippen molar-refractivity contribution in [2.75, 3.05) is 20.1 Å². The van der Waals surface area contributed by atoms with Gasteiger partial charge in [-0.1, -0.05) is 83.6 Å². The van der Waals surface area contributed by atoms with Crippen molar-refractivity contribution in [1.29, 1.82) is 0 Å². The van der Waals surface area contributed by atoms with Crippen LogP contribution in [0, 0.1) is 5.92 Å². The molecule has 0 bridgehead atoms. The molecule has 0 spiro atoms. The minimum absolute atomic E-state index is 0.668. The van der Waals surface area contributed by atoms with Crippen LogP contribution in [0.25, 0.3) is 18.2 Å². The van der Waals surface area contributed by atoms with Gasteiger partial charge < -0.3 is 0 Å². The maximum atomic E-state index is 4.08. The molecule has 0 saturated carbocycles. The Kier molecular flexibility index (Phi) is 8.51. The highest BCUT2D eigenvalue weighted by Gasteiger charge is 2.12. The van der Waals surface area contributed by atoms with Gasteiger partial charge in [-0.05, 0) is 40.7 Å². The zero-order chi connectivity index (χ0) is 21.0. The van der Waals surface area contributed by atoms with E-state index >= 15 is 0 Å². The number of hydrogen-bond donors (Lipinski definition) is 1. The Morgan fingerprint density at radius 1 is 0.900 bits per heavy atom. The normalized spacial score (nSPS) is 17.1. The first-order valence-electron chi connectivity index (χ1n) is 10.4. The fourth-order valence-electron chi connectivity index (χ4n) is 3.16. The highest BCUT2D eigenvalue weighted by atomic mass is 15.5. The zero-order valence-corrected chi connectivity index (χ0v) is 17.9. The van der Waals surface area contributed by atoms with E-state index in [0.29, 0.717) is 5.92 Å². The molecule has 1 unspecified atom stereocenters. The Morgan fingerprint density at radius 2 is 1.53 bits per heavy atom. The number of aromatic nitrogens is 2. The van der Waals surface area contributed by atoms with E-state index in [-0.39, 0.29) is 0 Å². The van der Waals surface area contributed by atoms with Crippen LogP contribution in [-0.4, -0.2) is 30.2 Å². The largest absolute Gasteiger partial charge is 0.255 e. The molecule has 1 fully saturated rings. The second kappa shape index (κ2) is 11.8. The highest BCUT2D eigenvalue weighted by Crippen LogP contribution is 2.12. The molecule has 2 heterocycles. The van der Waals surface area contributed by atoms with Crippen LogP contribution >= 0.6 is 0 Å². The first kappa shape index (κ1) is 21.6. The molecule has 1 aliphatic heterocycles. The van der Waals surface area contributed by atoms with Crippen molar-refractivity contribution in [3.63, 3.8) is 0 Å². The predicted molar refractivity (Wildman–Crippen MR) is 125 cm³/mol. The molecule has 2 aromatic carbocycles. The van der Waals surface area contributed by atoms with Gasteiger partial charge in [0.1, 0.15) is 0 Å². The van der Waals surface area contributed by atoms with Crippen molar-refractivity contribution >= 4 is 18.2 Å². The minimum atomic E-state index is 0.668. The van der Waals surface area contributed by atoms with E-state index < -0.39 is 0 Å². The van der Waals surface area contributed by atoms with E-state index in [0.717, 1.165) is 18.7 Å². The molecule has 3 aromatic rings. The minimum Gasteiger partial charge on any atom is -0.255 e. The lowest BCUT2D eigenvalue weighted by Gasteiger charge is -2.28. The molecule has 0 radical (unpaired) electrons. The maximum absolute atomic E-state index is 4.08. The molecule has 1 saturated heterocycles. The lowest BCUT2D eigenvalue weighted by atomic mass is 10.0. The first-order valence-corrected chi connectivity index (χ1v) is 10.4. The summed E-state index contributed by atoms with van der Waals surface area (Å²) in [4.78, 5) is 0. The van der Waals surface area contributed by atoms with Crippen LogP contribution in [0.5, 0.6) is 0 Å². The van der Waals surface area contributed by atoms with E-state index in [9.17, 15) is 0 Å². The van der Waals surface area contributed by atoms with Gasteiger partial charge >= 0.3 is 0 Å². The quantitative estimate of drug-likeness (QED) is 0.666. The molecule has 0 amide bonds. The van der Waals surface area contributed by atoms with E-state index in [1.165, 1.54) is 17.5 Å². The third kappa shape index (κ3) is 7.74. The maximum Gasteiger partial charge on any atom is 0.203 e. The summed E-state index contributed by atoms with van der Waals surface area (Å²) in [6.07, 6.45) is 13.7. The lowest BCUT2D eigenvalue weighted by Crippen LogP contribution is -2.43. The second-order valence-corrected chi connectivity index (χ2v) is 7.48. The summed E-state index contributed by atoms with van der Waals surface area (Å²) in [6, 6.07) is 22.7. The van der Waals surface area contributed by atoms with E-state index in [1.807, 2.05) is 37.5 Å². The van der Waals surface area contributed by atoms with Crippen LogP contribution < -0.4 is 10.1 Å². The Hall–Kier alpha value is -3.08. The second-order valence-electron chi connectivity index (χ2n) is 7.48. The van der Waals surface area contributed by atoms with Crippen molar-refractivity contribution in [3.05, 3.63) is 102 Å².